The van der Waals surface area contributed by atoms with Crippen LogP contribution in [0, 0.1) is 0 Å². The molecule has 2 aromatic carbocycles. The minimum absolute atomic E-state index is 0.179. The highest BCUT2D eigenvalue weighted by atomic mass is 16.5. The third-order valence-corrected chi connectivity index (χ3v) is 4.06. The molecule has 2 atom stereocenters. The van der Waals surface area contributed by atoms with Crippen LogP contribution >= 0.6 is 0 Å². The molecule has 1 aliphatic carbocycles. The molecule has 2 heteroatoms. The van der Waals surface area contributed by atoms with Crippen LogP contribution in [0.3, 0.4) is 0 Å². The number of rotatable bonds is 4. The first-order chi connectivity index (χ1) is 9.18. The van der Waals surface area contributed by atoms with Crippen LogP contribution in [0.2, 0.25) is 0 Å². The van der Waals surface area contributed by atoms with Crippen LogP contribution in [0.5, 0.6) is 5.75 Å². The number of ether oxygens (including phenoxy) is 1. The summed E-state index contributed by atoms with van der Waals surface area (Å²) in [7, 11) is 0. The van der Waals surface area contributed by atoms with Gasteiger partial charge in [0.05, 0.1) is 0 Å². The standard InChI is InChI=1S/C17H19NO/c1-17(11-16(17)18)14-7-9-15(10-8-14)19-12-13-5-3-2-4-6-13/h2-10,16H,11-12,18H2,1H3. The second kappa shape index (κ2) is 4.71. The zero-order chi connectivity index (χ0) is 13.3. The Morgan fingerprint density at radius 2 is 1.74 bits per heavy atom. The Labute approximate surface area is 114 Å². The van der Waals surface area contributed by atoms with E-state index in [0.717, 1.165) is 12.2 Å². The Kier molecular flexibility index (Phi) is 3.03. The summed E-state index contributed by atoms with van der Waals surface area (Å²) in [5, 5.41) is 0. The van der Waals surface area contributed by atoms with Crippen LogP contribution in [0.15, 0.2) is 54.6 Å². The average molecular weight is 253 g/mol. The van der Waals surface area contributed by atoms with Gasteiger partial charge in [-0.1, -0.05) is 49.4 Å². The summed E-state index contributed by atoms with van der Waals surface area (Å²) >= 11 is 0. The summed E-state index contributed by atoms with van der Waals surface area (Å²) in [5.74, 6) is 0.908. The van der Waals surface area contributed by atoms with Gasteiger partial charge in [0, 0.05) is 11.5 Å². The molecular formula is C17H19NO. The molecule has 1 fully saturated rings. The topological polar surface area (TPSA) is 35.2 Å². The predicted octanol–water partition coefficient (Wildman–Crippen LogP) is 3.25. The first-order valence-corrected chi connectivity index (χ1v) is 6.71. The maximum Gasteiger partial charge on any atom is 0.119 e. The van der Waals surface area contributed by atoms with E-state index < -0.39 is 0 Å². The lowest BCUT2D eigenvalue weighted by molar-refractivity contribution is 0.306. The maximum absolute atomic E-state index is 5.97. The summed E-state index contributed by atoms with van der Waals surface area (Å²) in [4.78, 5) is 0. The maximum atomic E-state index is 5.97. The van der Waals surface area contributed by atoms with Crippen molar-refractivity contribution in [1.29, 1.82) is 0 Å². The molecule has 0 radical (unpaired) electrons. The quantitative estimate of drug-likeness (QED) is 0.907. The molecule has 0 aliphatic heterocycles. The molecule has 0 amide bonds. The highest BCUT2D eigenvalue weighted by molar-refractivity contribution is 5.38. The van der Waals surface area contributed by atoms with Gasteiger partial charge < -0.3 is 10.5 Å². The van der Waals surface area contributed by atoms with E-state index in [-0.39, 0.29) is 5.41 Å². The summed E-state index contributed by atoms with van der Waals surface area (Å²) in [5.41, 5.74) is 8.65. The van der Waals surface area contributed by atoms with E-state index in [4.69, 9.17) is 10.5 Å². The van der Waals surface area contributed by atoms with Crippen molar-refractivity contribution in [3.05, 3.63) is 65.7 Å². The van der Waals surface area contributed by atoms with E-state index in [9.17, 15) is 0 Å². The monoisotopic (exact) mass is 253 g/mol. The zero-order valence-corrected chi connectivity index (χ0v) is 11.2. The molecule has 2 nitrogen and oxygen atoms in total. The lowest BCUT2D eigenvalue weighted by Crippen LogP contribution is -2.14. The molecule has 0 bridgehead atoms. The van der Waals surface area contributed by atoms with Gasteiger partial charge in [0.15, 0.2) is 0 Å². The van der Waals surface area contributed by atoms with E-state index in [2.05, 4.69) is 31.2 Å². The molecule has 2 aromatic rings. The molecule has 0 aromatic heterocycles. The van der Waals surface area contributed by atoms with E-state index in [1.807, 2.05) is 30.3 Å². The molecule has 19 heavy (non-hydrogen) atoms. The Bertz CT molecular complexity index is 549. The fraction of sp³-hybridized carbons (Fsp3) is 0.294. The third-order valence-electron chi connectivity index (χ3n) is 4.06. The highest BCUT2D eigenvalue weighted by Gasteiger charge is 2.48. The molecule has 1 aliphatic rings. The molecule has 0 heterocycles. The van der Waals surface area contributed by atoms with E-state index in [0.29, 0.717) is 12.6 Å². The highest BCUT2D eigenvalue weighted by Crippen LogP contribution is 2.46. The number of hydrogen-bond acceptors (Lipinski definition) is 2. The lowest BCUT2D eigenvalue weighted by Gasteiger charge is -2.11. The van der Waals surface area contributed by atoms with Crippen LogP contribution in [-0.2, 0) is 12.0 Å². The molecule has 1 saturated carbocycles. The van der Waals surface area contributed by atoms with Gasteiger partial charge in [-0.15, -0.1) is 0 Å². The zero-order valence-electron chi connectivity index (χ0n) is 11.2. The number of hydrogen-bond donors (Lipinski definition) is 1. The Morgan fingerprint density at radius 3 is 2.32 bits per heavy atom. The minimum atomic E-state index is 0.179. The van der Waals surface area contributed by atoms with Gasteiger partial charge in [0.2, 0.25) is 0 Å². The lowest BCUT2D eigenvalue weighted by atomic mass is 9.97. The molecule has 98 valence electrons. The van der Waals surface area contributed by atoms with Crippen LogP contribution in [0.25, 0.3) is 0 Å². The van der Waals surface area contributed by atoms with Crippen molar-refractivity contribution in [3.63, 3.8) is 0 Å². The van der Waals surface area contributed by atoms with Gasteiger partial charge >= 0.3 is 0 Å². The Hall–Kier alpha value is -1.80. The molecule has 0 saturated heterocycles. The van der Waals surface area contributed by atoms with Gasteiger partial charge in [0.1, 0.15) is 12.4 Å². The van der Waals surface area contributed by atoms with Crippen LogP contribution in [-0.4, -0.2) is 6.04 Å². The summed E-state index contributed by atoms with van der Waals surface area (Å²) < 4.78 is 5.78. The fourth-order valence-corrected chi connectivity index (χ4v) is 2.40. The van der Waals surface area contributed by atoms with Crippen LogP contribution in [0.1, 0.15) is 24.5 Å². The van der Waals surface area contributed by atoms with Crippen molar-refractivity contribution < 1.29 is 4.74 Å². The van der Waals surface area contributed by atoms with Crippen molar-refractivity contribution in [2.75, 3.05) is 0 Å². The summed E-state index contributed by atoms with van der Waals surface area (Å²) in [6, 6.07) is 18.8. The second-order valence-corrected chi connectivity index (χ2v) is 5.53. The fourth-order valence-electron chi connectivity index (χ4n) is 2.40. The normalized spacial score (nSPS) is 25.1. The smallest absolute Gasteiger partial charge is 0.119 e. The van der Waals surface area contributed by atoms with Crippen molar-refractivity contribution in [1.82, 2.24) is 0 Å². The van der Waals surface area contributed by atoms with Crippen LogP contribution in [0.4, 0.5) is 0 Å². The van der Waals surface area contributed by atoms with E-state index >= 15 is 0 Å². The first kappa shape index (κ1) is 12.2. The number of benzene rings is 2. The van der Waals surface area contributed by atoms with Gasteiger partial charge in [-0.2, -0.15) is 0 Å². The summed E-state index contributed by atoms with van der Waals surface area (Å²) in [6.07, 6.45) is 1.08. The SMILES string of the molecule is CC1(c2ccc(OCc3ccccc3)cc2)CC1N. The second-order valence-electron chi connectivity index (χ2n) is 5.53. The van der Waals surface area contributed by atoms with Gasteiger partial charge in [-0.05, 0) is 29.7 Å². The van der Waals surface area contributed by atoms with Crippen molar-refractivity contribution in [3.8, 4) is 5.75 Å². The average Bonchev–Trinajstić information content (AvgIpc) is 3.07. The van der Waals surface area contributed by atoms with E-state index in [1.54, 1.807) is 0 Å². The largest absolute Gasteiger partial charge is 0.489 e. The van der Waals surface area contributed by atoms with Gasteiger partial charge in [-0.3, -0.25) is 0 Å². The molecule has 2 N–H and O–H groups in total. The van der Waals surface area contributed by atoms with E-state index in [1.165, 1.54) is 11.1 Å². The molecule has 0 spiro atoms. The molecule has 3 rings (SSSR count). The van der Waals surface area contributed by atoms with Gasteiger partial charge in [0.25, 0.3) is 0 Å². The Balaban J connectivity index is 1.64. The predicted molar refractivity (Wildman–Crippen MR) is 77.2 cm³/mol. The van der Waals surface area contributed by atoms with Crippen molar-refractivity contribution >= 4 is 0 Å². The summed E-state index contributed by atoms with van der Waals surface area (Å²) in [6.45, 7) is 2.83. The van der Waals surface area contributed by atoms with Crippen molar-refractivity contribution in [2.24, 2.45) is 5.73 Å². The molecule has 2 unspecified atom stereocenters. The van der Waals surface area contributed by atoms with Crippen molar-refractivity contribution in [2.45, 2.75) is 31.4 Å². The first-order valence-electron chi connectivity index (χ1n) is 6.71. The van der Waals surface area contributed by atoms with Crippen LogP contribution < -0.4 is 10.5 Å². The van der Waals surface area contributed by atoms with Gasteiger partial charge in [-0.25, -0.2) is 0 Å². The minimum Gasteiger partial charge on any atom is -0.489 e. The Morgan fingerprint density at radius 1 is 1.11 bits per heavy atom. The third kappa shape index (κ3) is 2.49. The number of nitrogens with two attached hydrogens (primary N) is 1. The molecular weight excluding hydrogens is 234 g/mol.